The molecule has 2 aromatic heterocycles. The SMILES string of the molecule is CN(Cc1nc2ccccn2c1Br)C(=O)OC(C)(C)C. The molecule has 0 atom stereocenters. The number of pyridine rings is 1. The van der Waals surface area contributed by atoms with Gasteiger partial charge in [0.05, 0.1) is 12.2 Å². The lowest BCUT2D eigenvalue weighted by atomic mass is 10.2. The van der Waals surface area contributed by atoms with E-state index < -0.39 is 5.60 Å². The molecule has 108 valence electrons. The summed E-state index contributed by atoms with van der Waals surface area (Å²) in [5, 5.41) is 0. The Hall–Kier alpha value is -1.56. The third kappa shape index (κ3) is 3.30. The number of fused-ring (bicyclic) bond motifs is 1. The molecule has 0 aliphatic heterocycles. The molecule has 0 saturated carbocycles. The van der Waals surface area contributed by atoms with E-state index in [9.17, 15) is 4.79 Å². The van der Waals surface area contributed by atoms with Gasteiger partial charge in [-0.15, -0.1) is 0 Å². The summed E-state index contributed by atoms with van der Waals surface area (Å²) in [4.78, 5) is 18.0. The van der Waals surface area contributed by atoms with Crippen LogP contribution >= 0.6 is 15.9 Å². The molecule has 5 nitrogen and oxygen atoms in total. The van der Waals surface area contributed by atoms with Crippen molar-refractivity contribution in [3.8, 4) is 0 Å². The second-order valence-corrected chi connectivity index (χ2v) is 6.37. The van der Waals surface area contributed by atoms with Crippen LogP contribution in [0.4, 0.5) is 4.79 Å². The van der Waals surface area contributed by atoms with Crippen LogP contribution < -0.4 is 0 Å². The van der Waals surface area contributed by atoms with E-state index in [2.05, 4.69) is 20.9 Å². The van der Waals surface area contributed by atoms with Gasteiger partial charge in [-0.05, 0) is 48.8 Å². The van der Waals surface area contributed by atoms with E-state index in [1.807, 2.05) is 49.6 Å². The summed E-state index contributed by atoms with van der Waals surface area (Å²) in [6, 6.07) is 5.78. The first kappa shape index (κ1) is 14.8. The fourth-order valence-corrected chi connectivity index (χ4v) is 2.26. The Morgan fingerprint density at radius 3 is 2.75 bits per heavy atom. The van der Waals surface area contributed by atoms with Crippen LogP contribution in [0.1, 0.15) is 26.5 Å². The number of halogens is 1. The largest absolute Gasteiger partial charge is 0.444 e. The summed E-state index contributed by atoms with van der Waals surface area (Å²) < 4.78 is 8.10. The summed E-state index contributed by atoms with van der Waals surface area (Å²) in [5.74, 6) is 0. The van der Waals surface area contributed by atoms with Crippen LogP contribution in [-0.2, 0) is 11.3 Å². The minimum Gasteiger partial charge on any atom is -0.444 e. The van der Waals surface area contributed by atoms with E-state index in [-0.39, 0.29) is 6.09 Å². The molecule has 0 bridgehead atoms. The summed E-state index contributed by atoms with van der Waals surface area (Å²) in [5.41, 5.74) is 1.14. The number of carbonyl (C=O) groups excluding carboxylic acids is 1. The van der Waals surface area contributed by atoms with Gasteiger partial charge in [0.1, 0.15) is 15.9 Å². The zero-order valence-electron chi connectivity index (χ0n) is 12.1. The van der Waals surface area contributed by atoms with E-state index >= 15 is 0 Å². The van der Waals surface area contributed by atoms with Gasteiger partial charge >= 0.3 is 6.09 Å². The molecular weight excluding hydrogens is 322 g/mol. The van der Waals surface area contributed by atoms with Crippen LogP contribution in [0.3, 0.4) is 0 Å². The molecule has 0 radical (unpaired) electrons. The molecule has 0 fully saturated rings. The Morgan fingerprint density at radius 2 is 2.15 bits per heavy atom. The average Bonchev–Trinajstić information content (AvgIpc) is 2.65. The molecule has 0 aromatic carbocycles. The predicted octanol–water partition coefficient (Wildman–Crippen LogP) is 3.46. The van der Waals surface area contributed by atoms with Gasteiger partial charge < -0.3 is 9.64 Å². The Bertz CT molecular complexity index is 631. The maximum atomic E-state index is 11.9. The number of hydrogen-bond donors (Lipinski definition) is 0. The van der Waals surface area contributed by atoms with E-state index in [4.69, 9.17) is 4.74 Å². The van der Waals surface area contributed by atoms with Gasteiger partial charge in [0.15, 0.2) is 0 Å². The molecule has 0 N–H and O–H groups in total. The predicted molar refractivity (Wildman–Crippen MR) is 80.6 cm³/mol. The lowest BCUT2D eigenvalue weighted by Crippen LogP contribution is -2.33. The van der Waals surface area contributed by atoms with Crippen molar-refractivity contribution in [2.24, 2.45) is 0 Å². The standard InChI is InChI=1S/C14H18BrN3O2/c1-14(2,3)20-13(19)17(4)9-10-12(15)18-8-6-5-7-11(18)16-10/h5-8H,9H2,1-4H3. The number of imidazole rings is 1. The van der Waals surface area contributed by atoms with Crippen molar-refractivity contribution < 1.29 is 9.53 Å². The molecule has 20 heavy (non-hydrogen) atoms. The van der Waals surface area contributed by atoms with Crippen molar-refractivity contribution in [3.05, 3.63) is 34.7 Å². The third-order valence-corrected chi connectivity index (χ3v) is 3.47. The molecule has 1 amide bonds. The second kappa shape index (κ2) is 5.44. The summed E-state index contributed by atoms with van der Waals surface area (Å²) in [6.45, 7) is 5.93. The smallest absolute Gasteiger partial charge is 0.410 e. The molecule has 2 aromatic rings. The average molecular weight is 340 g/mol. The van der Waals surface area contributed by atoms with Crippen molar-refractivity contribution in [1.82, 2.24) is 14.3 Å². The van der Waals surface area contributed by atoms with Crippen LogP contribution in [0.2, 0.25) is 0 Å². The van der Waals surface area contributed by atoms with Crippen molar-refractivity contribution in [3.63, 3.8) is 0 Å². The minimum absolute atomic E-state index is 0.360. The Morgan fingerprint density at radius 1 is 1.45 bits per heavy atom. The second-order valence-electron chi connectivity index (χ2n) is 5.61. The highest BCUT2D eigenvalue weighted by Crippen LogP contribution is 2.20. The van der Waals surface area contributed by atoms with E-state index in [0.29, 0.717) is 6.54 Å². The van der Waals surface area contributed by atoms with Crippen molar-refractivity contribution >= 4 is 27.7 Å². The summed E-state index contributed by atoms with van der Waals surface area (Å²) >= 11 is 3.51. The minimum atomic E-state index is -0.499. The first-order valence-electron chi connectivity index (χ1n) is 6.33. The highest BCUT2D eigenvalue weighted by atomic mass is 79.9. The van der Waals surface area contributed by atoms with Gasteiger partial charge in [0.2, 0.25) is 0 Å². The lowest BCUT2D eigenvalue weighted by Gasteiger charge is -2.24. The molecule has 0 aliphatic rings. The normalized spacial score (nSPS) is 11.7. The fraction of sp³-hybridized carbons (Fsp3) is 0.429. The molecule has 6 heteroatoms. The van der Waals surface area contributed by atoms with E-state index in [0.717, 1.165) is 15.9 Å². The first-order valence-corrected chi connectivity index (χ1v) is 7.13. The van der Waals surface area contributed by atoms with Gasteiger partial charge in [-0.2, -0.15) is 0 Å². The van der Waals surface area contributed by atoms with Crippen LogP contribution in [0.5, 0.6) is 0 Å². The number of rotatable bonds is 2. The Kier molecular flexibility index (Phi) is 4.04. The van der Waals surface area contributed by atoms with Crippen molar-refractivity contribution in [2.45, 2.75) is 32.9 Å². The maximum absolute atomic E-state index is 11.9. The maximum Gasteiger partial charge on any atom is 0.410 e. The molecule has 0 saturated heterocycles. The number of nitrogens with zero attached hydrogens (tertiary/aromatic N) is 3. The van der Waals surface area contributed by atoms with Crippen LogP contribution in [0.25, 0.3) is 5.65 Å². The van der Waals surface area contributed by atoms with Crippen LogP contribution in [0.15, 0.2) is 29.0 Å². The van der Waals surface area contributed by atoms with E-state index in [1.54, 1.807) is 7.05 Å². The van der Waals surface area contributed by atoms with E-state index in [1.165, 1.54) is 4.90 Å². The molecule has 2 rings (SSSR count). The van der Waals surface area contributed by atoms with Crippen molar-refractivity contribution in [2.75, 3.05) is 7.05 Å². The Labute approximate surface area is 126 Å². The number of hydrogen-bond acceptors (Lipinski definition) is 3. The highest BCUT2D eigenvalue weighted by Gasteiger charge is 2.21. The van der Waals surface area contributed by atoms with Crippen LogP contribution in [-0.4, -0.2) is 33.0 Å². The molecule has 0 spiro atoms. The monoisotopic (exact) mass is 339 g/mol. The summed E-state index contributed by atoms with van der Waals surface area (Å²) in [6.07, 6.45) is 1.56. The zero-order chi connectivity index (χ0) is 14.9. The van der Waals surface area contributed by atoms with Crippen LogP contribution in [0, 0.1) is 0 Å². The van der Waals surface area contributed by atoms with Gasteiger partial charge in [-0.25, -0.2) is 9.78 Å². The summed E-state index contributed by atoms with van der Waals surface area (Å²) in [7, 11) is 1.70. The quantitative estimate of drug-likeness (QED) is 0.841. The number of carbonyl (C=O) groups is 1. The number of aromatic nitrogens is 2. The molecule has 0 aliphatic carbocycles. The zero-order valence-corrected chi connectivity index (χ0v) is 13.6. The molecule has 0 unspecified atom stereocenters. The molecule has 2 heterocycles. The first-order chi connectivity index (χ1) is 9.28. The van der Waals surface area contributed by atoms with Gasteiger partial charge in [0, 0.05) is 13.2 Å². The topological polar surface area (TPSA) is 46.8 Å². The van der Waals surface area contributed by atoms with Gasteiger partial charge in [0.25, 0.3) is 0 Å². The highest BCUT2D eigenvalue weighted by molar-refractivity contribution is 9.10. The third-order valence-electron chi connectivity index (χ3n) is 2.63. The lowest BCUT2D eigenvalue weighted by molar-refractivity contribution is 0.0283. The number of amides is 1. The molecular formula is C14H18BrN3O2. The fourth-order valence-electron chi connectivity index (χ4n) is 1.74. The number of ether oxygens (including phenoxy) is 1. The van der Waals surface area contributed by atoms with Gasteiger partial charge in [-0.3, -0.25) is 4.40 Å². The Balaban J connectivity index is 2.16. The van der Waals surface area contributed by atoms with Gasteiger partial charge in [-0.1, -0.05) is 6.07 Å². The van der Waals surface area contributed by atoms with Crippen molar-refractivity contribution in [1.29, 1.82) is 0 Å².